The van der Waals surface area contributed by atoms with Gasteiger partial charge in [-0.3, -0.25) is 4.99 Å². The molecule has 1 aromatic rings. The van der Waals surface area contributed by atoms with E-state index in [1.807, 2.05) is 18.2 Å². The molecule has 0 aromatic heterocycles. The van der Waals surface area contributed by atoms with Crippen LogP contribution >= 0.6 is 10.5 Å². The van der Waals surface area contributed by atoms with E-state index in [0.717, 1.165) is 31.4 Å². The molecule has 1 rings (SSSR count). The Labute approximate surface area is 176 Å². The molecule has 0 aliphatic rings. The summed E-state index contributed by atoms with van der Waals surface area (Å²) in [5, 5.41) is 0. The monoisotopic (exact) mass is 567 g/mol. The molecule has 0 aliphatic carbocycles. The zero-order chi connectivity index (χ0) is 17.7. The van der Waals surface area contributed by atoms with Gasteiger partial charge in [-0.2, -0.15) is 41.2 Å². The van der Waals surface area contributed by atoms with Crippen LogP contribution in [0.1, 0.15) is 37.3 Å². The van der Waals surface area contributed by atoms with Gasteiger partial charge in [-0.15, -0.1) is 29.9 Å². The standard InChI is InChI=1S/C12H15S.C9H16N.U/c1-4-7-11-8-5-6-9-12(11)10-13(2)3;1-5-8(3)7-9(6-2)10-4;/h4,6,8-9H,1-2,7,10H2,3H3;9H,1,3-7H2,2H3;/q2*-1;+2. The summed E-state index contributed by atoms with van der Waals surface area (Å²) in [6.45, 7) is 17.0. The first kappa shape index (κ1) is 25.9. The van der Waals surface area contributed by atoms with Gasteiger partial charge in [0.25, 0.3) is 0 Å². The second-order valence-corrected chi connectivity index (χ2v) is 7.41. The molecule has 0 heterocycles. The number of rotatable bonds is 9. The van der Waals surface area contributed by atoms with Crippen LogP contribution < -0.4 is 0 Å². The summed E-state index contributed by atoms with van der Waals surface area (Å²) >= 11 is 0. The van der Waals surface area contributed by atoms with E-state index < -0.39 is 0 Å². The molecule has 0 saturated carbocycles. The number of allylic oxidation sites excluding steroid dienone is 1. The van der Waals surface area contributed by atoms with E-state index in [9.17, 15) is 0 Å². The van der Waals surface area contributed by atoms with Crippen molar-refractivity contribution in [2.75, 3.05) is 6.26 Å². The van der Waals surface area contributed by atoms with Gasteiger partial charge in [0, 0.05) is 0 Å². The second-order valence-electron chi connectivity index (χ2n) is 5.56. The molecule has 0 aliphatic heterocycles. The first-order valence-electron chi connectivity index (χ1n) is 7.91. The van der Waals surface area contributed by atoms with Crippen molar-refractivity contribution < 1.29 is 31.1 Å². The normalized spacial score (nSPS) is 12.0. The maximum absolute atomic E-state index is 4.03. The minimum Gasteiger partial charge on any atom is -0.339 e. The van der Waals surface area contributed by atoms with Crippen LogP contribution in [-0.4, -0.2) is 24.9 Å². The molecule has 0 N–H and O–H groups in total. The van der Waals surface area contributed by atoms with Crippen molar-refractivity contribution in [3.8, 4) is 0 Å². The van der Waals surface area contributed by atoms with E-state index in [1.54, 1.807) is 0 Å². The summed E-state index contributed by atoms with van der Waals surface area (Å²) in [5.74, 6) is 5.09. The number of benzene rings is 1. The number of hydrogen-bond donors (Lipinski definition) is 0. The van der Waals surface area contributed by atoms with E-state index >= 15 is 0 Å². The average molecular weight is 568 g/mol. The molecule has 3 heteroatoms. The fourth-order valence-electron chi connectivity index (χ4n) is 2.02. The molecular weight excluding hydrogens is 536 g/mol. The van der Waals surface area contributed by atoms with Crippen LogP contribution in [0, 0.1) is 44.1 Å². The smallest absolute Gasteiger partial charge is 0.339 e. The Kier molecular flexibility index (Phi) is 17.4. The summed E-state index contributed by atoms with van der Waals surface area (Å²) in [7, 11) is 0.221. The molecule has 1 nitrogen and oxygen atoms in total. The SMILES string of the molecule is C=CCc1c[c-]ccc1CS(=C)C.C=NC(CC)CC(=C)C[CH2-].[U+2]. The third-order valence-electron chi connectivity index (χ3n) is 3.42. The van der Waals surface area contributed by atoms with Gasteiger partial charge >= 0.3 is 31.1 Å². The third-order valence-corrected chi connectivity index (χ3v) is 4.23. The number of nitrogens with zero attached hydrogens (tertiary/aromatic N) is 1. The summed E-state index contributed by atoms with van der Waals surface area (Å²) in [6, 6.07) is 9.60. The van der Waals surface area contributed by atoms with E-state index in [0.29, 0.717) is 6.04 Å². The number of hydrogen-bond acceptors (Lipinski definition) is 1. The van der Waals surface area contributed by atoms with Crippen molar-refractivity contribution in [3.05, 3.63) is 67.1 Å². The Balaban J connectivity index is 0. The Morgan fingerprint density at radius 1 is 1.46 bits per heavy atom. The topological polar surface area (TPSA) is 12.4 Å². The molecule has 2 atom stereocenters. The van der Waals surface area contributed by atoms with Gasteiger partial charge in [0.1, 0.15) is 0 Å². The summed E-state index contributed by atoms with van der Waals surface area (Å²) in [4.78, 5) is 3.96. The van der Waals surface area contributed by atoms with Crippen LogP contribution in [-0.2, 0) is 12.2 Å². The minimum atomic E-state index is 0. The van der Waals surface area contributed by atoms with Crippen LogP contribution in [0.4, 0.5) is 0 Å². The third kappa shape index (κ3) is 12.1. The Morgan fingerprint density at radius 2 is 2.12 bits per heavy atom. The van der Waals surface area contributed by atoms with E-state index in [2.05, 4.69) is 63.0 Å². The van der Waals surface area contributed by atoms with Crippen molar-refractivity contribution in [3.63, 3.8) is 0 Å². The molecule has 0 bridgehead atoms. The van der Waals surface area contributed by atoms with Crippen molar-refractivity contribution in [2.24, 2.45) is 4.99 Å². The fraction of sp³-hybridized carbons (Fsp3) is 0.381. The van der Waals surface area contributed by atoms with Gasteiger partial charge in [-0.05, 0) is 31.6 Å². The molecule has 0 radical (unpaired) electrons. The van der Waals surface area contributed by atoms with Crippen molar-refractivity contribution in [1.29, 1.82) is 0 Å². The average Bonchev–Trinajstić information content (AvgIpc) is 2.54. The quantitative estimate of drug-likeness (QED) is 0.158. The molecule has 130 valence electrons. The summed E-state index contributed by atoms with van der Waals surface area (Å²) in [6.07, 6.45) is 7.83. The van der Waals surface area contributed by atoms with Crippen LogP contribution in [0.5, 0.6) is 0 Å². The maximum Gasteiger partial charge on any atom is 2.00 e. The maximum atomic E-state index is 4.03. The fourth-order valence-corrected chi connectivity index (χ4v) is 2.83. The van der Waals surface area contributed by atoms with Gasteiger partial charge in [-0.25, -0.2) is 0 Å². The first-order valence-corrected chi connectivity index (χ1v) is 9.88. The minimum absolute atomic E-state index is 0. The molecule has 0 fully saturated rings. The molecule has 0 spiro atoms. The Bertz CT molecular complexity index is 522. The summed E-state index contributed by atoms with van der Waals surface area (Å²) < 4.78 is 0. The molecule has 0 saturated heterocycles. The van der Waals surface area contributed by atoms with Crippen molar-refractivity contribution in [1.82, 2.24) is 0 Å². The molecule has 24 heavy (non-hydrogen) atoms. The Morgan fingerprint density at radius 3 is 2.58 bits per heavy atom. The predicted octanol–water partition coefficient (Wildman–Crippen LogP) is 5.68. The van der Waals surface area contributed by atoms with Gasteiger partial charge < -0.3 is 6.92 Å². The van der Waals surface area contributed by atoms with Gasteiger partial charge in [0.05, 0.1) is 6.04 Å². The van der Waals surface area contributed by atoms with Gasteiger partial charge in [0.15, 0.2) is 0 Å². The van der Waals surface area contributed by atoms with Crippen LogP contribution in [0.3, 0.4) is 0 Å². The largest absolute Gasteiger partial charge is 2.00 e. The molecule has 2 unspecified atom stereocenters. The van der Waals surface area contributed by atoms with Gasteiger partial charge in [-0.1, -0.05) is 25.3 Å². The van der Waals surface area contributed by atoms with E-state index in [4.69, 9.17) is 0 Å². The second kappa shape index (κ2) is 16.1. The van der Waals surface area contributed by atoms with Crippen molar-refractivity contribution >= 4 is 23.1 Å². The van der Waals surface area contributed by atoms with E-state index in [-0.39, 0.29) is 41.6 Å². The molecule has 0 amide bonds. The van der Waals surface area contributed by atoms with Gasteiger partial charge in [0.2, 0.25) is 0 Å². The van der Waals surface area contributed by atoms with Crippen LogP contribution in [0.25, 0.3) is 0 Å². The zero-order valence-electron chi connectivity index (χ0n) is 15.3. The number of aliphatic imine (C=N–C) groups is 1. The van der Waals surface area contributed by atoms with E-state index in [1.165, 1.54) is 16.7 Å². The first-order chi connectivity index (χ1) is 11.0. The van der Waals surface area contributed by atoms with Crippen molar-refractivity contribution in [2.45, 2.75) is 44.4 Å². The molecule has 1 aromatic carbocycles. The Hall–Kier alpha value is -0.358. The van der Waals surface area contributed by atoms with Crippen LogP contribution in [0.15, 0.2) is 48.0 Å². The van der Waals surface area contributed by atoms with Crippen LogP contribution in [0.2, 0.25) is 0 Å². The zero-order valence-corrected chi connectivity index (χ0v) is 20.3. The molecular formula is C21H31NSU. The predicted molar refractivity (Wildman–Crippen MR) is 111 cm³/mol. The summed E-state index contributed by atoms with van der Waals surface area (Å²) in [5.41, 5.74) is 3.89.